The summed E-state index contributed by atoms with van der Waals surface area (Å²) < 4.78 is 11.6. The molecule has 0 radical (unpaired) electrons. The molecule has 1 aromatic carbocycles. The normalized spacial score (nSPS) is 29.4. The molecule has 0 saturated carbocycles. The van der Waals surface area contributed by atoms with E-state index in [0.29, 0.717) is 48.8 Å². The van der Waals surface area contributed by atoms with Gasteiger partial charge >= 0.3 is 0 Å². The molecule has 2 aliphatic rings. The molecule has 0 spiro atoms. The second kappa shape index (κ2) is 12.2. The molecule has 3 rings (SSSR count). The van der Waals surface area contributed by atoms with Gasteiger partial charge in [0.05, 0.1) is 0 Å². The molecule has 2 heterocycles. The van der Waals surface area contributed by atoms with E-state index >= 15 is 0 Å². The van der Waals surface area contributed by atoms with E-state index in [1.165, 1.54) is 38.5 Å². The van der Waals surface area contributed by atoms with Gasteiger partial charge in [0.15, 0.2) is 0 Å². The zero-order valence-electron chi connectivity index (χ0n) is 20.4. The van der Waals surface area contributed by atoms with Gasteiger partial charge in [0, 0.05) is 37.3 Å². The first-order valence-electron chi connectivity index (χ1n) is 12.6. The molecule has 2 fully saturated rings. The van der Waals surface area contributed by atoms with E-state index in [1.807, 2.05) is 24.3 Å². The van der Waals surface area contributed by atoms with Gasteiger partial charge in [-0.1, -0.05) is 12.8 Å². The molecule has 6 nitrogen and oxygen atoms in total. The highest BCUT2D eigenvalue weighted by Gasteiger charge is 2.27. The highest BCUT2D eigenvalue weighted by Crippen LogP contribution is 2.24. The second-order valence-electron chi connectivity index (χ2n) is 10.1. The predicted molar refractivity (Wildman–Crippen MR) is 128 cm³/mol. The Morgan fingerprint density at radius 1 is 0.688 bits per heavy atom. The van der Waals surface area contributed by atoms with Crippen LogP contribution in [0.4, 0.5) is 0 Å². The molecule has 0 aromatic heterocycles. The van der Waals surface area contributed by atoms with Crippen LogP contribution in [0.5, 0.6) is 11.5 Å². The van der Waals surface area contributed by atoms with Gasteiger partial charge in [-0.05, 0) is 77.6 Å². The van der Waals surface area contributed by atoms with E-state index in [4.69, 9.17) is 9.47 Å². The third kappa shape index (κ3) is 7.34. The van der Waals surface area contributed by atoms with Gasteiger partial charge in [0.2, 0.25) is 0 Å². The Kier molecular flexibility index (Phi) is 9.65. The van der Waals surface area contributed by atoms with Crippen LogP contribution in [0.15, 0.2) is 24.3 Å². The fraction of sp³-hybridized carbons (Fsp3) is 0.769. The maximum Gasteiger partial charge on any atom is 0.119 e. The van der Waals surface area contributed by atoms with Crippen LogP contribution in [0, 0.1) is 0 Å². The average Bonchev–Trinajstić information content (AvgIpc) is 2.77. The standard InChI is InChI=1S/C26H44N2O4/c1-19-7-5-8-20(2)27(19)15-23(29)17-31-25-11-13-26(14-12-25)32-18-24(30)16-28-21(3)9-6-10-22(28)4/h11-14,19-24,29-30H,5-10,15-18H2,1-4H3/t19-,20-,21-,22+,23-,24+/m1/s1. The van der Waals surface area contributed by atoms with E-state index in [0.717, 1.165) is 0 Å². The first-order valence-corrected chi connectivity index (χ1v) is 12.6. The summed E-state index contributed by atoms with van der Waals surface area (Å²) in [6.07, 6.45) is 6.32. The molecule has 6 atom stereocenters. The largest absolute Gasteiger partial charge is 0.491 e. The Bertz CT molecular complexity index is 593. The van der Waals surface area contributed by atoms with Crippen LogP contribution < -0.4 is 9.47 Å². The minimum absolute atomic E-state index is 0.279. The second-order valence-corrected chi connectivity index (χ2v) is 10.1. The molecule has 182 valence electrons. The molecule has 1 aromatic rings. The summed E-state index contributed by atoms with van der Waals surface area (Å²) in [5.74, 6) is 1.43. The highest BCUT2D eigenvalue weighted by molar-refractivity contribution is 5.31. The van der Waals surface area contributed by atoms with Crippen molar-refractivity contribution in [3.05, 3.63) is 24.3 Å². The van der Waals surface area contributed by atoms with Crippen molar-refractivity contribution in [2.75, 3.05) is 26.3 Å². The summed E-state index contributed by atoms with van der Waals surface area (Å²) >= 11 is 0. The smallest absolute Gasteiger partial charge is 0.119 e. The van der Waals surface area contributed by atoms with Crippen LogP contribution in [-0.2, 0) is 0 Å². The zero-order chi connectivity index (χ0) is 23.1. The van der Waals surface area contributed by atoms with Gasteiger partial charge in [0.1, 0.15) is 36.9 Å². The quantitative estimate of drug-likeness (QED) is 0.569. The van der Waals surface area contributed by atoms with Crippen molar-refractivity contribution >= 4 is 0 Å². The number of aliphatic hydroxyl groups is 2. The Morgan fingerprint density at radius 2 is 1.00 bits per heavy atom. The van der Waals surface area contributed by atoms with E-state index < -0.39 is 12.2 Å². The number of piperidine rings is 2. The summed E-state index contributed by atoms with van der Waals surface area (Å²) in [5, 5.41) is 20.9. The minimum Gasteiger partial charge on any atom is -0.491 e. The van der Waals surface area contributed by atoms with Crippen LogP contribution >= 0.6 is 0 Å². The number of hydrogen-bond acceptors (Lipinski definition) is 6. The van der Waals surface area contributed by atoms with Crippen molar-refractivity contribution in [3.8, 4) is 11.5 Å². The van der Waals surface area contributed by atoms with E-state index in [2.05, 4.69) is 37.5 Å². The summed E-state index contributed by atoms with van der Waals surface area (Å²) in [6.45, 7) is 10.8. The number of β-amino-alcohol motifs (C(OH)–C–C–N with tert-alkyl or cyclic N) is 2. The van der Waals surface area contributed by atoms with Gasteiger partial charge in [-0.2, -0.15) is 0 Å². The third-order valence-corrected chi connectivity index (χ3v) is 7.30. The van der Waals surface area contributed by atoms with Crippen molar-refractivity contribution in [1.29, 1.82) is 0 Å². The molecule has 0 bridgehead atoms. The number of aliphatic hydroxyl groups excluding tert-OH is 2. The maximum absolute atomic E-state index is 10.4. The van der Waals surface area contributed by atoms with Crippen molar-refractivity contribution in [2.24, 2.45) is 0 Å². The predicted octanol–water partition coefficient (Wildman–Crippen LogP) is 3.69. The van der Waals surface area contributed by atoms with Gasteiger partial charge in [-0.25, -0.2) is 0 Å². The third-order valence-electron chi connectivity index (χ3n) is 7.30. The van der Waals surface area contributed by atoms with Crippen molar-refractivity contribution in [1.82, 2.24) is 9.80 Å². The molecular weight excluding hydrogens is 404 g/mol. The summed E-state index contributed by atoms with van der Waals surface area (Å²) in [5.41, 5.74) is 0. The van der Waals surface area contributed by atoms with Crippen LogP contribution in [0.1, 0.15) is 66.2 Å². The van der Waals surface area contributed by atoms with Crippen molar-refractivity contribution in [3.63, 3.8) is 0 Å². The molecule has 0 unspecified atom stereocenters. The number of hydrogen-bond donors (Lipinski definition) is 2. The van der Waals surface area contributed by atoms with Crippen molar-refractivity contribution in [2.45, 2.75) is 103 Å². The zero-order valence-corrected chi connectivity index (χ0v) is 20.4. The van der Waals surface area contributed by atoms with Crippen LogP contribution in [0.25, 0.3) is 0 Å². The van der Waals surface area contributed by atoms with Gasteiger partial charge < -0.3 is 19.7 Å². The monoisotopic (exact) mass is 448 g/mol. The van der Waals surface area contributed by atoms with Crippen molar-refractivity contribution < 1.29 is 19.7 Å². The maximum atomic E-state index is 10.4. The lowest BCUT2D eigenvalue weighted by molar-refractivity contribution is 0.0202. The highest BCUT2D eigenvalue weighted by atomic mass is 16.5. The lowest BCUT2D eigenvalue weighted by Crippen LogP contribution is -2.48. The first kappa shape index (κ1) is 25.3. The van der Waals surface area contributed by atoms with E-state index in [1.54, 1.807) is 0 Å². The van der Waals surface area contributed by atoms with Gasteiger partial charge in [0.25, 0.3) is 0 Å². The molecule has 2 aliphatic heterocycles. The number of ether oxygens (including phenoxy) is 2. The molecule has 0 amide bonds. The summed E-state index contributed by atoms with van der Waals surface area (Å²) in [7, 11) is 0. The topological polar surface area (TPSA) is 65.4 Å². The van der Waals surface area contributed by atoms with Crippen LogP contribution in [0.2, 0.25) is 0 Å². The Morgan fingerprint density at radius 3 is 1.31 bits per heavy atom. The molecule has 2 saturated heterocycles. The Hall–Kier alpha value is -1.34. The lowest BCUT2D eigenvalue weighted by atomic mass is 9.97. The van der Waals surface area contributed by atoms with Gasteiger partial charge in [-0.3, -0.25) is 9.80 Å². The Balaban J connectivity index is 1.38. The van der Waals surface area contributed by atoms with Gasteiger partial charge in [-0.15, -0.1) is 0 Å². The number of benzene rings is 1. The SMILES string of the molecule is C[C@@H]1CCC[C@@H](C)N1C[C@@H](O)COc1ccc(OC[C@@H](O)CN2[C@H](C)CCC[C@@H]2C)cc1. The number of nitrogens with zero attached hydrogens (tertiary/aromatic N) is 2. The van der Waals surface area contributed by atoms with E-state index in [-0.39, 0.29) is 13.2 Å². The molecule has 6 heteroatoms. The summed E-state index contributed by atoms with van der Waals surface area (Å²) in [4.78, 5) is 4.79. The fourth-order valence-corrected chi connectivity index (χ4v) is 5.28. The average molecular weight is 449 g/mol. The van der Waals surface area contributed by atoms with Crippen LogP contribution in [0.3, 0.4) is 0 Å². The molecule has 2 N–H and O–H groups in total. The Labute approximate surface area is 194 Å². The first-order chi connectivity index (χ1) is 15.3. The summed E-state index contributed by atoms with van der Waals surface area (Å²) in [6, 6.07) is 9.49. The van der Waals surface area contributed by atoms with Crippen LogP contribution in [-0.4, -0.2) is 82.7 Å². The number of likely N-dealkylation sites (tertiary alicyclic amines) is 2. The van der Waals surface area contributed by atoms with E-state index in [9.17, 15) is 10.2 Å². The molecule has 0 aliphatic carbocycles. The minimum atomic E-state index is -0.511. The molecule has 32 heavy (non-hydrogen) atoms. The lowest BCUT2D eigenvalue weighted by Gasteiger charge is -2.40. The molecular formula is C26H44N2O4. The number of rotatable bonds is 10. The fourth-order valence-electron chi connectivity index (χ4n) is 5.28.